The van der Waals surface area contributed by atoms with E-state index in [1.54, 1.807) is 37.3 Å². The van der Waals surface area contributed by atoms with Crippen molar-refractivity contribution in [2.45, 2.75) is 6.92 Å². The van der Waals surface area contributed by atoms with Gasteiger partial charge in [-0.15, -0.1) is 0 Å². The van der Waals surface area contributed by atoms with Crippen molar-refractivity contribution in [3.63, 3.8) is 0 Å². The van der Waals surface area contributed by atoms with E-state index in [2.05, 4.69) is 20.8 Å². The molecule has 2 aromatic heterocycles. The van der Waals surface area contributed by atoms with Gasteiger partial charge in [-0.3, -0.25) is 14.6 Å². The third-order valence-electron chi connectivity index (χ3n) is 3.25. The molecule has 0 atom stereocenters. The normalized spacial score (nSPS) is 10.3. The molecule has 8 heteroatoms. The summed E-state index contributed by atoms with van der Waals surface area (Å²) in [6, 6.07) is 9.87. The monoisotopic (exact) mass is 356 g/mol. The Morgan fingerprint density at radius 2 is 1.72 bits per heavy atom. The Hall–Kier alpha value is -3.19. The molecule has 0 radical (unpaired) electrons. The first kappa shape index (κ1) is 16.7. The number of pyridine rings is 1. The van der Waals surface area contributed by atoms with E-state index in [0.29, 0.717) is 16.5 Å². The molecule has 7 nitrogen and oxygen atoms in total. The highest BCUT2D eigenvalue weighted by Crippen LogP contribution is 2.21. The number of carbonyl (C=O) groups is 2. The van der Waals surface area contributed by atoms with Crippen LogP contribution in [-0.2, 0) is 0 Å². The third kappa shape index (κ3) is 4.02. The minimum atomic E-state index is -0.451. The van der Waals surface area contributed by atoms with Crippen molar-refractivity contribution in [2.75, 3.05) is 10.6 Å². The molecule has 0 bridgehead atoms. The van der Waals surface area contributed by atoms with Gasteiger partial charge < -0.3 is 15.2 Å². The number of aromatic nitrogens is 2. The van der Waals surface area contributed by atoms with E-state index >= 15 is 0 Å². The average Bonchev–Trinajstić information content (AvgIpc) is 3.02. The number of para-hydroxylation sites is 1. The first-order valence-corrected chi connectivity index (χ1v) is 7.66. The minimum Gasteiger partial charge on any atom is -0.360 e. The summed E-state index contributed by atoms with van der Waals surface area (Å²) in [4.78, 5) is 28.5. The molecule has 2 N–H and O–H groups in total. The van der Waals surface area contributed by atoms with Crippen LogP contribution in [-0.4, -0.2) is 22.0 Å². The van der Waals surface area contributed by atoms with Crippen molar-refractivity contribution in [3.05, 3.63) is 70.7 Å². The highest BCUT2D eigenvalue weighted by Gasteiger charge is 2.14. The predicted octanol–water partition coefficient (Wildman–Crippen LogP) is 3.54. The molecule has 1 aromatic carbocycles. The van der Waals surface area contributed by atoms with Crippen LogP contribution in [0.2, 0.25) is 5.02 Å². The molecular weight excluding hydrogens is 344 g/mol. The number of aryl methyl sites for hydroxylation is 1. The molecule has 0 fully saturated rings. The van der Waals surface area contributed by atoms with Gasteiger partial charge in [0.1, 0.15) is 5.76 Å². The van der Waals surface area contributed by atoms with Crippen LogP contribution in [0.5, 0.6) is 0 Å². The van der Waals surface area contributed by atoms with E-state index in [4.69, 9.17) is 16.1 Å². The van der Waals surface area contributed by atoms with Crippen LogP contribution in [0.1, 0.15) is 26.5 Å². The number of hydrogen-bond donors (Lipinski definition) is 2. The third-order valence-corrected chi connectivity index (χ3v) is 3.58. The standard InChI is InChI=1S/C17H13ClN4O3/c1-10-6-15(22-25-10)21-17(24)12-7-11(8-19-9-12)16(23)20-14-5-3-2-4-13(14)18/h2-9H,1H3,(H,20,23)(H,21,22,24). The van der Waals surface area contributed by atoms with Crippen LogP contribution in [0.25, 0.3) is 0 Å². The van der Waals surface area contributed by atoms with E-state index < -0.39 is 11.8 Å². The van der Waals surface area contributed by atoms with Gasteiger partial charge in [-0.1, -0.05) is 28.9 Å². The smallest absolute Gasteiger partial charge is 0.258 e. The van der Waals surface area contributed by atoms with Crippen LogP contribution in [0.15, 0.2) is 53.3 Å². The topological polar surface area (TPSA) is 97.1 Å². The van der Waals surface area contributed by atoms with Crippen LogP contribution < -0.4 is 10.6 Å². The molecular formula is C17H13ClN4O3. The van der Waals surface area contributed by atoms with Gasteiger partial charge >= 0.3 is 0 Å². The minimum absolute atomic E-state index is 0.215. The van der Waals surface area contributed by atoms with E-state index in [1.807, 2.05) is 0 Å². The molecule has 2 amide bonds. The highest BCUT2D eigenvalue weighted by molar-refractivity contribution is 6.33. The van der Waals surface area contributed by atoms with Crippen LogP contribution >= 0.6 is 11.6 Å². The molecule has 0 aliphatic heterocycles. The van der Waals surface area contributed by atoms with Gasteiger partial charge in [0.2, 0.25) is 0 Å². The summed E-state index contributed by atoms with van der Waals surface area (Å²) in [6.45, 7) is 1.71. The van der Waals surface area contributed by atoms with E-state index in [1.165, 1.54) is 18.5 Å². The molecule has 0 saturated carbocycles. The fraction of sp³-hybridized carbons (Fsp3) is 0.0588. The number of amides is 2. The quantitative estimate of drug-likeness (QED) is 0.745. The molecule has 0 unspecified atom stereocenters. The zero-order valence-corrected chi connectivity index (χ0v) is 13.9. The van der Waals surface area contributed by atoms with Gasteiger partial charge in [0.05, 0.1) is 21.8 Å². The number of rotatable bonds is 4. The number of nitrogens with one attached hydrogen (secondary N) is 2. The SMILES string of the molecule is Cc1cc(NC(=O)c2cncc(C(=O)Nc3ccccc3Cl)c2)no1. The predicted molar refractivity (Wildman–Crippen MR) is 92.8 cm³/mol. The van der Waals surface area contributed by atoms with Crippen molar-refractivity contribution in [1.29, 1.82) is 0 Å². The summed E-state index contributed by atoms with van der Waals surface area (Å²) in [6.07, 6.45) is 2.72. The number of benzene rings is 1. The lowest BCUT2D eigenvalue weighted by atomic mass is 10.2. The summed E-state index contributed by atoms with van der Waals surface area (Å²) in [5, 5.41) is 9.34. The van der Waals surface area contributed by atoms with Crippen LogP contribution in [0.3, 0.4) is 0 Å². The lowest BCUT2D eigenvalue weighted by molar-refractivity contribution is 0.102. The lowest BCUT2D eigenvalue weighted by Crippen LogP contribution is -2.16. The Morgan fingerprint density at radius 3 is 2.36 bits per heavy atom. The fourth-order valence-electron chi connectivity index (χ4n) is 2.06. The van der Waals surface area contributed by atoms with Gasteiger partial charge in [0.25, 0.3) is 11.8 Å². The van der Waals surface area contributed by atoms with Crippen LogP contribution in [0.4, 0.5) is 11.5 Å². The Labute approximate surface area is 148 Å². The van der Waals surface area contributed by atoms with Crippen LogP contribution in [0, 0.1) is 6.92 Å². The van der Waals surface area contributed by atoms with Gasteiger partial charge in [-0.2, -0.15) is 0 Å². The van der Waals surface area contributed by atoms with Gasteiger partial charge in [0.15, 0.2) is 5.82 Å². The zero-order valence-electron chi connectivity index (χ0n) is 13.1. The average molecular weight is 357 g/mol. The molecule has 3 rings (SSSR count). The Balaban J connectivity index is 1.75. The first-order valence-electron chi connectivity index (χ1n) is 7.28. The van der Waals surface area contributed by atoms with Crippen molar-refractivity contribution in [1.82, 2.24) is 10.1 Å². The maximum Gasteiger partial charge on any atom is 0.258 e. The van der Waals surface area contributed by atoms with Crippen molar-refractivity contribution < 1.29 is 14.1 Å². The lowest BCUT2D eigenvalue weighted by Gasteiger charge is -2.08. The summed E-state index contributed by atoms with van der Waals surface area (Å²) in [5.74, 6) is -0.0181. The number of anilines is 2. The van der Waals surface area contributed by atoms with Crippen molar-refractivity contribution in [2.24, 2.45) is 0 Å². The summed E-state index contributed by atoms with van der Waals surface area (Å²) >= 11 is 6.02. The second kappa shape index (κ2) is 7.14. The summed E-state index contributed by atoms with van der Waals surface area (Å²) in [5.41, 5.74) is 0.915. The molecule has 3 aromatic rings. The van der Waals surface area contributed by atoms with E-state index in [-0.39, 0.29) is 16.9 Å². The Kier molecular flexibility index (Phi) is 4.76. The summed E-state index contributed by atoms with van der Waals surface area (Å²) < 4.78 is 4.88. The Bertz CT molecular complexity index is 939. The maximum absolute atomic E-state index is 12.3. The number of hydrogen-bond acceptors (Lipinski definition) is 5. The van der Waals surface area contributed by atoms with E-state index in [9.17, 15) is 9.59 Å². The number of halogens is 1. The zero-order chi connectivity index (χ0) is 17.8. The summed E-state index contributed by atoms with van der Waals surface area (Å²) in [7, 11) is 0. The molecule has 0 aliphatic carbocycles. The molecule has 2 heterocycles. The highest BCUT2D eigenvalue weighted by atomic mass is 35.5. The molecule has 126 valence electrons. The van der Waals surface area contributed by atoms with E-state index in [0.717, 1.165) is 0 Å². The maximum atomic E-state index is 12.3. The fourth-order valence-corrected chi connectivity index (χ4v) is 2.24. The van der Waals surface area contributed by atoms with Gasteiger partial charge in [-0.25, -0.2) is 0 Å². The molecule has 0 spiro atoms. The molecule has 0 aliphatic rings. The second-order valence-corrected chi connectivity index (χ2v) is 5.58. The Morgan fingerprint density at radius 1 is 1.04 bits per heavy atom. The number of nitrogens with zero attached hydrogens (tertiary/aromatic N) is 2. The number of carbonyl (C=O) groups excluding carboxylic acids is 2. The first-order chi connectivity index (χ1) is 12.0. The largest absolute Gasteiger partial charge is 0.360 e. The van der Waals surface area contributed by atoms with Crippen molar-refractivity contribution >= 4 is 34.9 Å². The molecule has 0 saturated heterocycles. The van der Waals surface area contributed by atoms with Crippen molar-refractivity contribution in [3.8, 4) is 0 Å². The second-order valence-electron chi connectivity index (χ2n) is 5.17. The van der Waals surface area contributed by atoms with Gasteiger partial charge in [-0.05, 0) is 25.1 Å². The molecule has 25 heavy (non-hydrogen) atoms. The van der Waals surface area contributed by atoms with Gasteiger partial charge in [0, 0.05) is 18.5 Å².